The highest BCUT2D eigenvalue weighted by atomic mass is 19.4. The van der Waals surface area contributed by atoms with Gasteiger partial charge in [-0.3, -0.25) is 9.69 Å². The van der Waals surface area contributed by atoms with E-state index >= 15 is 0 Å². The summed E-state index contributed by atoms with van der Waals surface area (Å²) < 4.78 is 44.2. The first-order valence-corrected chi connectivity index (χ1v) is 8.34. The Morgan fingerprint density at radius 3 is 2.81 bits per heavy atom. The van der Waals surface area contributed by atoms with Gasteiger partial charge in [-0.1, -0.05) is 6.07 Å². The fourth-order valence-electron chi connectivity index (χ4n) is 3.04. The van der Waals surface area contributed by atoms with Gasteiger partial charge in [-0.15, -0.1) is 0 Å². The highest BCUT2D eigenvalue weighted by Gasteiger charge is 2.31. The SMILES string of the molecule is Cc1oc(-c2cccc(C(F)(F)F)c2)nc1CN(C)C[C@@H]1CCC(=O)N1. The third-order valence-electron chi connectivity index (χ3n) is 4.37. The van der Waals surface area contributed by atoms with Gasteiger partial charge in [-0.25, -0.2) is 4.98 Å². The van der Waals surface area contributed by atoms with E-state index in [0.717, 1.165) is 18.6 Å². The van der Waals surface area contributed by atoms with Gasteiger partial charge in [0.15, 0.2) is 0 Å². The Morgan fingerprint density at radius 1 is 1.38 bits per heavy atom. The molecule has 0 radical (unpaired) electrons. The van der Waals surface area contributed by atoms with Gasteiger partial charge in [0.2, 0.25) is 11.8 Å². The Balaban J connectivity index is 1.72. The summed E-state index contributed by atoms with van der Waals surface area (Å²) >= 11 is 0. The zero-order chi connectivity index (χ0) is 18.9. The molecule has 0 bridgehead atoms. The number of oxazole rings is 1. The highest BCUT2D eigenvalue weighted by Crippen LogP contribution is 2.32. The lowest BCUT2D eigenvalue weighted by atomic mass is 10.1. The molecule has 2 aromatic rings. The van der Waals surface area contributed by atoms with Crippen molar-refractivity contribution in [1.29, 1.82) is 0 Å². The molecule has 0 unspecified atom stereocenters. The van der Waals surface area contributed by atoms with Crippen LogP contribution in [0.2, 0.25) is 0 Å². The molecular weight excluding hydrogens is 347 g/mol. The number of aromatic nitrogens is 1. The molecule has 0 aliphatic carbocycles. The fraction of sp³-hybridized carbons (Fsp3) is 0.444. The van der Waals surface area contributed by atoms with Crippen molar-refractivity contribution in [3.8, 4) is 11.5 Å². The summed E-state index contributed by atoms with van der Waals surface area (Å²) in [6, 6.07) is 5.05. The smallest absolute Gasteiger partial charge is 0.416 e. The normalized spacial score (nSPS) is 17.8. The van der Waals surface area contributed by atoms with Crippen molar-refractivity contribution in [3.05, 3.63) is 41.3 Å². The van der Waals surface area contributed by atoms with Crippen molar-refractivity contribution in [2.75, 3.05) is 13.6 Å². The first-order valence-electron chi connectivity index (χ1n) is 8.34. The van der Waals surface area contributed by atoms with Gasteiger partial charge in [-0.2, -0.15) is 13.2 Å². The third-order valence-corrected chi connectivity index (χ3v) is 4.37. The second kappa shape index (κ2) is 7.11. The number of carbonyl (C=O) groups is 1. The quantitative estimate of drug-likeness (QED) is 0.880. The summed E-state index contributed by atoms with van der Waals surface area (Å²) in [7, 11) is 1.91. The number of hydrogen-bond acceptors (Lipinski definition) is 4. The molecule has 0 spiro atoms. The average Bonchev–Trinajstić information content (AvgIpc) is 3.13. The summed E-state index contributed by atoms with van der Waals surface area (Å²) in [5, 5.41) is 2.91. The van der Waals surface area contributed by atoms with E-state index in [1.54, 1.807) is 13.0 Å². The van der Waals surface area contributed by atoms with E-state index in [2.05, 4.69) is 10.3 Å². The number of alkyl halides is 3. The lowest BCUT2D eigenvalue weighted by molar-refractivity contribution is -0.137. The Hall–Kier alpha value is -2.35. The fourth-order valence-corrected chi connectivity index (χ4v) is 3.04. The van der Waals surface area contributed by atoms with Crippen molar-refractivity contribution in [3.63, 3.8) is 0 Å². The summed E-state index contributed by atoms with van der Waals surface area (Å²) in [5.74, 6) is 0.804. The molecule has 1 fully saturated rings. The summed E-state index contributed by atoms with van der Waals surface area (Å²) in [5.41, 5.74) is 0.227. The van der Waals surface area contributed by atoms with Gasteiger partial charge < -0.3 is 9.73 Å². The maximum atomic E-state index is 12.9. The molecule has 1 amide bonds. The van der Waals surface area contributed by atoms with Crippen molar-refractivity contribution < 1.29 is 22.4 Å². The van der Waals surface area contributed by atoms with Gasteiger partial charge >= 0.3 is 6.18 Å². The van der Waals surface area contributed by atoms with Gasteiger partial charge in [0.05, 0.1) is 11.3 Å². The monoisotopic (exact) mass is 367 g/mol. The van der Waals surface area contributed by atoms with Gasteiger partial charge in [-0.05, 0) is 38.6 Å². The number of benzene rings is 1. The zero-order valence-electron chi connectivity index (χ0n) is 14.6. The molecule has 3 rings (SSSR count). The van der Waals surface area contributed by atoms with E-state index in [4.69, 9.17) is 4.42 Å². The number of carbonyl (C=O) groups excluding carboxylic acids is 1. The molecule has 1 saturated heterocycles. The predicted octanol–water partition coefficient (Wildman–Crippen LogP) is 3.38. The Morgan fingerprint density at radius 2 is 2.15 bits per heavy atom. The maximum absolute atomic E-state index is 12.9. The molecule has 8 heteroatoms. The van der Waals surface area contributed by atoms with Crippen LogP contribution in [0.5, 0.6) is 0 Å². The summed E-state index contributed by atoms with van der Waals surface area (Å²) in [6.07, 6.45) is -3.07. The van der Waals surface area contributed by atoms with E-state index in [1.807, 2.05) is 11.9 Å². The molecule has 0 saturated carbocycles. The van der Waals surface area contributed by atoms with Crippen LogP contribution in [-0.2, 0) is 17.5 Å². The lowest BCUT2D eigenvalue weighted by Gasteiger charge is -2.19. The number of rotatable bonds is 5. The minimum atomic E-state index is -4.41. The number of likely N-dealkylation sites (N-methyl/N-ethyl adjacent to an activating group) is 1. The summed E-state index contributed by atoms with van der Waals surface area (Å²) in [4.78, 5) is 17.6. The molecule has 2 heterocycles. The van der Waals surface area contributed by atoms with Crippen molar-refractivity contribution >= 4 is 5.91 Å². The van der Waals surface area contributed by atoms with E-state index < -0.39 is 11.7 Å². The van der Waals surface area contributed by atoms with Gasteiger partial charge in [0.25, 0.3) is 0 Å². The van der Waals surface area contributed by atoms with Crippen LogP contribution < -0.4 is 5.32 Å². The van der Waals surface area contributed by atoms with E-state index in [0.29, 0.717) is 36.5 Å². The number of aryl methyl sites for hydroxylation is 1. The summed E-state index contributed by atoms with van der Waals surface area (Å²) in [6.45, 7) is 2.90. The van der Waals surface area contributed by atoms with E-state index in [9.17, 15) is 18.0 Å². The van der Waals surface area contributed by atoms with E-state index in [1.165, 1.54) is 6.07 Å². The zero-order valence-corrected chi connectivity index (χ0v) is 14.6. The molecule has 1 aliphatic rings. The molecule has 5 nitrogen and oxygen atoms in total. The van der Waals surface area contributed by atoms with Crippen molar-refractivity contribution in [2.24, 2.45) is 0 Å². The molecule has 1 aliphatic heterocycles. The minimum Gasteiger partial charge on any atom is -0.441 e. The molecule has 140 valence electrons. The average molecular weight is 367 g/mol. The van der Waals surface area contributed by atoms with Crippen molar-refractivity contribution in [2.45, 2.75) is 38.5 Å². The van der Waals surface area contributed by atoms with E-state index in [-0.39, 0.29) is 17.8 Å². The molecule has 26 heavy (non-hydrogen) atoms. The topological polar surface area (TPSA) is 58.4 Å². The molecule has 1 aromatic carbocycles. The number of hydrogen-bond donors (Lipinski definition) is 1. The van der Waals surface area contributed by atoms with Crippen LogP contribution in [0.4, 0.5) is 13.2 Å². The Kier molecular flexibility index (Phi) is 5.04. The van der Waals surface area contributed by atoms with Crippen LogP contribution >= 0.6 is 0 Å². The van der Waals surface area contributed by atoms with Crippen molar-refractivity contribution in [1.82, 2.24) is 15.2 Å². The number of nitrogens with zero attached hydrogens (tertiary/aromatic N) is 2. The minimum absolute atomic E-state index is 0.0628. The molecular formula is C18H20F3N3O2. The van der Waals surface area contributed by atoms with Crippen LogP contribution in [0.25, 0.3) is 11.5 Å². The van der Waals surface area contributed by atoms with Crippen LogP contribution in [0.1, 0.15) is 29.9 Å². The number of nitrogens with one attached hydrogen (secondary N) is 1. The van der Waals surface area contributed by atoms with Gasteiger partial charge in [0.1, 0.15) is 5.76 Å². The van der Waals surface area contributed by atoms with Crippen LogP contribution in [0.15, 0.2) is 28.7 Å². The lowest BCUT2D eigenvalue weighted by Crippen LogP contribution is -2.36. The van der Waals surface area contributed by atoms with Crippen LogP contribution in [-0.4, -0.2) is 35.4 Å². The Labute approximate surface area is 149 Å². The predicted molar refractivity (Wildman–Crippen MR) is 89.2 cm³/mol. The number of halogens is 3. The largest absolute Gasteiger partial charge is 0.441 e. The number of amides is 1. The Bertz CT molecular complexity index is 801. The van der Waals surface area contributed by atoms with Crippen LogP contribution in [0, 0.1) is 6.92 Å². The van der Waals surface area contributed by atoms with Gasteiger partial charge in [0, 0.05) is 31.1 Å². The molecule has 1 N–H and O–H groups in total. The second-order valence-corrected chi connectivity index (χ2v) is 6.60. The first-order chi connectivity index (χ1) is 12.2. The second-order valence-electron chi connectivity index (χ2n) is 6.60. The maximum Gasteiger partial charge on any atom is 0.416 e. The first kappa shape index (κ1) is 18.4. The molecule has 1 atom stereocenters. The third kappa shape index (κ3) is 4.24. The van der Waals surface area contributed by atoms with Crippen LogP contribution in [0.3, 0.4) is 0 Å². The highest BCUT2D eigenvalue weighted by molar-refractivity contribution is 5.78. The standard InChI is InChI=1S/C18H20F3N3O2/c1-11-15(10-24(2)9-14-6-7-16(25)22-14)23-17(26-11)12-4-3-5-13(8-12)18(19,20)21/h3-5,8,14H,6-7,9-10H2,1-2H3,(H,22,25)/t14-/m0/s1. The molecule has 1 aromatic heterocycles.